The third-order valence-electron chi connectivity index (χ3n) is 3.31. The Bertz CT molecular complexity index is 670. The van der Waals surface area contributed by atoms with Crippen LogP contribution in [-0.2, 0) is 11.2 Å². The summed E-state index contributed by atoms with van der Waals surface area (Å²) in [6, 6.07) is 11.6. The minimum Gasteiger partial charge on any atom is -0.504 e. The molecule has 5 heteroatoms. The van der Waals surface area contributed by atoms with E-state index in [0.717, 1.165) is 16.9 Å². The highest BCUT2D eigenvalue weighted by molar-refractivity contribution is 6.03. The summed E-state index contributed by atoms with van der Waals surface area (Å²) >= 11 is 0. The van der Waals surface area contributed by atoms with Crippen LogP contribution in [0.2, 0.25) is 0 Å². The van der Waals surface area contributed by atoms with Gasteiger partial charge in [-0.1, -0.05) is 18.2 Å². The zero-order valence-electron chi connectivity index (χ0n) is 10.6. The maximum atomic E-state index is 12.0. The van der Waals surface area contributed by atoms with Crippen molar-refractivity contribution in [3.05, 3.63) is 48.0 Å². The van der Waals surface area contributed by atoms with E-state index in [1.165, 1.54) is 12.1 Å². The van der Waals surface area contributed by atoms with Crippen LogP contribution in [0.4, 0.5) is 11.4 Å². The molecule has 0 bridgehead atoms. The van der Waals surface area contributed by atoms with Crippen molar-refractivity contribution in [1.82, 2.24) is 0 Å². The van der Waals surface area contributed by atoms with Crippen LogP contribution in [0.15, 0.2) is 42.5 Å². The van der Waals surface area contributed by atoms with E-state index in [-0.39, 0.29) is 17.4 Å². The lowest BCUT2D eigenvalue weighted by Crippen LogP contribution is -2.40. The number of carbonyl (C=O) groups is 1. The topological polar surface area (TPSA) is 81.6 Å². The molecule has 0 spiro atoms. The van der Waals surface area contributed by atoms with Crippen molar-refractivity contribution in [2.45, 2.75) is 12.5 Å². The summed E-state index contributed by atoms with van der Waals surface area (Å²) in [4.78, 5) is 12.0. The number of hydrogen-bond donors (Lipinski definition) is 4. The standard InChI is InChI=1S/C15H14N2O3/c18-13-6-5-9(8-14(13)19)7-12-15(20)17-11-4-2-1-3-10(11)16-12/h1-6,8,12,16,18-19H,7H2,(H,17,20). The predicted molar refractivity (Wildman–Crippen MR) is 76.0 cm³/mol. The van der Waals surface area contributed by atoms with Gasteiger partial charge in [-0.05, 0) is 29.8 Å². The zero-order valence-corrected chi connectivity index (χ0v) is 10.6. The largest absolute Gasteiger partial charge is 0.504 e. The van der Waals surface area contributed by atoms with E-state index in [0.29, 0.717) is 6.42 Å². The third-order valence-corrected chi connectivity index (χ3v) is 3.31. The highest BCUT2D eigenvalue weighted by Crippen LogP contribution is 2.29. The van der Waals surface area contributed by atoms with E-state index in [2.05, 4.69) is 10.6 Å². The molecule has 2 aromatic carbocycles. The van der Waals surface area contributed by atoms with Gasteiger partial charge in [-0.25, -0.2) is 0 Å². The summed E-state index contributed by atoms with van der Waals surface area (Å²) in [5.74, 6) is -0.462. The monoisotopic (exact) mass is 270 g/mol. The maximum Gasteiger partial charge on any atom is 0.247 e. The summed E-state index contributed by atoms with van der Waals surface area (Å²) in [6.07, 6.45) is 0.425. The van der Waals surface area contributed by atoms with Crippen molar-refractivity contribution < 1.29 is 15.0 Å². The van der Waals surface area contributed by atoms with Gasteiger partial charge >= 0.3 is 0 Å². The fourth-order valence-corrected chi connectivity index (χ4v) is 2.27. The molecule has 102 valence electrons. The second-order valence-electron chi connectivity index (χ2n) is 4.76. The number of hydrogen-bond acceptors (Lipinski definition) is 4. The molecule has 1 unspecified atom stereocenters. The smallest absolute Gasteiger partial charge is 0.247 e. The highest BCUT2D eigenvalue weighted by Gasteiger charge is 2.25. The van der Waals surface area contributed by atoms with E-state index >= 15 is 0 Å². The molecule has 0 fully saturated rings. The lowest BCUT2D eigenvalue weighted by Gasteiger charge is -2.26. The van der Waals surface area contributed by atoms with Gasteiger partial charge in [-0.15, -0.1) is 0 Å². The van der Waals surface area contributed by atoms with Gasteiger partial charge in [-0.2, -0.15) is 0 Å². The first-order valence-corrected chi connectivity index (χ1v) is 6.31. The van der Waals surface area contributed by atoms with Crippen LogP contribution in [0, 0.1) is 0 Å². The summed E-state index contributed by atoms with van der Waals surface area (Å²) < 4.78 is 0. The molecule has 3 rings (SSSR count). The fourth-order valence-electron chi connectivity index (χ4n) is 2.27. The van der Waals surface area contributed by atoms with Crippen LogP contribution >= 0.6 is 0 Å². The molecule has 1 aliphatic rings. The fraction of sp³-hybridized carbons (Fsp3) is 0.133. The second kappa shape index (κ2) is 4.77. The third kappa shape index (κ3) is 2.25. The first-order chi connectivity index (χ1) is 9.63. The number of benzene rings is 2. The molecule has 2 aromatic rings. The van der Waals surface area contributed by atoms with Crippen molar-refractivity contribution >= 4 is 17.3 Å². The van der Waals surface area contributed by atoms with Gasteiger partial charge in [0.1, 0.15) is 6.04 Å². The van der Waals surface area contributed by atoms with Crippen LogP contribution in [-0.4, -0.2) is 22.2 Å². The molecule has 5 nitrogen and oxygen atoms in total. The van der Waals surface area contributed by atoms with E-state index in [4.69, 9.17) is 0 Å². The Morgan fingerprint density at radius 1 is 1.00 bits per heavy atom. The van der Waals surface area contributed by atoms with Crippen molar-refractivity contribution in [3.8, 4) is 11.5 Å². The summed E-state index contributed by atoms with van der Waals surface area (Å²) in [7, 11) is 0. The minimum atomic E-state index is -0.408. The van der Waals surface area contributed by atoms with Gasteiger partial charge in [-0.3, -0.25) is 4.79 Å². The number of aromatic hydroxyl groups is 2. The quantitative estimate of drug-likeness (QED) is 0.630. The van der Waals surface area contributed by atoms with Crippen molar-refractivity contribution in [2.75, 3.05) is 10.6 Å². The zero-order chi connectivity index (χ0) is 14.1. The molecular weight excluding hydrogens is 256 g/mol. The number of phenolic OH excluding ortho intramolecular Hbond substituents is 2. The number of amides is 1. The number of carbonyl (C=O) groups excluding carboxylic acids is 1. The SMILES string of the molecule is O=C1Nc2ccccc2NC1Cc1ccc(O)c(O)c1. The van der Waals surface area contributed by atoms with Crippen LogP contribution in [0.25, 0.3) is 0 Å². The summed E-state index contributed by atoms with van der Waals surface area (Å²) in [5.41, 5.74) is 2.41. The normalized spacial score (nSPS) is 17.0. The number of nitrogens with one attached hydrogen (secondary N) is 2. The second-order valence-corrected chi connectivity index (χ2v) is 4.76. The molecular formula is C15H14N2O3. The van der Waals surface area contributed by atoms with E-state index < -0.39 is 6.04 Å². The molecule has 1 heterocycles. The van der Waals surface area contributed by atoms with Crippen molar-refractivity contribution in [2.24, 2.45) is 0 Å². The van der Waals surface area contributed by atoms with E-state index in [1.807, 2.05) is 24.3 Å². The number of para-hydroxylation sites is 2. The van der Waals surface area contributed by atoms with Gasteiger partial charge in [0.05, 0.1) is 11.4 Å². The average molecular weight is 270 g/mol. The Balaban J connectivity index is 1.81. The lowest BCUT2D eigenvalue weighted by molar-refractivity contribution is -0.117. The Hall–Kier alpha value is -2.69. The van der Waals surface area contributed by atoms with Crippen LogP contribution in [0.1, 0.15) is 5.56 Å². The number of fused-ring (bicyclic) bond motifs is 1. The minimum absolute atomic E-state index is 0.115. The molecule has 4 N–H and O–H groups in total. The Morgan fingerprint density at radius 2 is 1.75 bits per heavy atom. The van der Waals surface area contributed by atoms with Crippen molar-refractivity contribution in [3.63, 3.8) is 0 Å². The maximum absolute atomic E-state index is 12.0. The average Bonchev–Trinajstić information content (AvgIpc) is 2.44. The molecule has 0 aliphatic carbocycles. The van der Waals surface area contributed by atoms with Crippen LogP contribution in [0.5, 0.6) is 11.5 Å². The summed E-state index contributed by atoms with van der Waals surface area (Å²) in [6.45, 7) is 0. The summed E-state index contributed by atoms with van der Waals surface area (Å²) in [5, 5.41) is 24.8. The van der Waals surface area contributed by atoms with Crippen LogP contribution in [0.3, 0.4) is 0 Å². The van der Waals surface area contributed by atoms with Gasteiger partial charge in [0.2, 0.25) is 5.91 Å². The molecule has 0 aromatic heterocycles. The molecule has 0 saturated carbocycles. The number of anilines is 2. The molecule has 1 aliphatic heterocycles. The molecule has 20 heavy (non-hydrogen) atoms. The molecule has 0 saturated heterocycles. The van der Waals surface area contributed by atoms with E-state index in [9.17, 15) is 15.0 Å². The first-order valence-electron chi connectivity index (χ1n) is 6.31. The first kappa shape index (κ1) is 12.3. The van der Waals surface area contributed by atoms with E-state index in [1.54, 1.807) is 6.07 Å². The van der Waals surface area contributed by atoms with Crippen molar-refractivity contribution in [1.29, 1.82) is 0 Å². The van der Waals surface area contributed by atoms with Gasteiger partial charge < -0.3 is 20.8 Å². The van der Waals surface area contributed by atoms with Gasteiger partial charge in [0, 0.05) is 6.42 Å². The van der Waals surface area contributed by atoms with Gasteiger partial charge in [0.25, 0.3) is 0 Å². The Morgan fingerprint density at radius 3 is 2.50 bits per heavy atom. The number of rotatable bonds is 2. The van der Waals surface area contributed by atoms with Crippen LogP contribution < -0.4 is 10.6 Å². The molecule has 1 atom stereocenters. The molecule has 0 radical (unpaired) electrons. The molecule has 1 amide bonds. The van der Waals surface area contributed by atoms with Gasteiger partial charge in [0.15, 0.2) is 11.5 Å². The Kier molecular flexibility index (Phi) is 2.95. The predicted octanol–water partition coefficient (Wildman–Crippen LogP) is 2.07. The lowest BCUT2D eigenvalue weighted by atomic mass is 10.0. The highest BCUT2D eigenvalue weighted by atomic mass is 16.3. The Labute approximate surface area is 115 Å². The number of phenols is 2.